The Bertz CT molecular complexity index is 1370. The number of carbonyl (C=O) groups excluding carboxylic acids is 3. The second-order valence-electron chi connectivity index (χ2n) is 8.71. The molecule has 1 N–H and O–H groups in total. The van der Waals surface area contributed by atoms with Gasteiger partial charge in [-0.2, -0.15) is 0 Å². The van der Waals surface area contributed by atoms with Crippen LogP contribution in [0.25, 0.3) is 11.8 Å². The first-order valence-electron chi connectivity index (χ1n) is 11.6. The molecule has 4 amide bonds. The summed E-state index contributed by atoms with van der Waals surface area (Å²) in [6, 6.07) is 14.7. The van der Waals surface area contributed by atoms with Crippen molar-refractivity contribution in [2.75, 3.05) is 20.8 Å². The standard InChI is InChI=1S/C28H29N3O5/c1-17-6-9-22(10-7-17)31-18(2)14-21(19(31)3)16-23-26(32)29-28(34)30(27(23)33)13-12-20-8-11-24(35-4)25(15-20)36-5/h6-11,14-16H,12-13H2,1-5H3,(H,29,32,34). The maximum Gasteiger partial charge on any atom is 0.331 e. The van der Waals surface area contributed by atoms with Crippen LogP contribution in [0.3, 0.4) is 0 Å². The van der Waals surface area contributed by atoms with Gasteiger partial charge < -0.3 is 14.0 Å². The Balaban J connectivity index is 1.59. The Hall–Kier alpha value is -4.33. The van der Waals surface area contributed by atoms with Crippen molar-refractivity contribution in [2.24, 2.45) is 0 Å². The summed E-state index contributed by atoms with van der Waals surface area (Å²) in [5, 5.41) is 2.29. The van der Waals surface area contributed by atoms with Crippen molar-refractivity contribution < 1.29 is 23.9 Å². The molecule has 36 heavy (non-hydrogen) atoms. The maximum absolute atomic E-state index is 13.2. The normalized spacial score (nSPS) is 14.9. The molecule has 2 heterocycles. The van der Waals surface area contributed by atoms with Gasteiger partial charge in [0, 0.05) is 23.6 Å². The SMILES string of the molecule is COc1ccc(CCN2C(=O)NC(=O)C(=Cc3cc(C)n(-c4ccc(C)cc4)c3C)C2=O)cc1OC. The summed E-state index contributed by atoms with van der Waals surface area (Å²) in [5.41, 5.74) is 5.52. The van der Waals surface area contributed by atoms with Gasteiger partial charge in [0.2, 0.25) is 0 Å². The van der Waals surface area contributed by atoms with E-state index >= 15 is 0 Å². The van der Waals surface area contributed by atoms with Gasteiger partial charge in [0.25, 0.3) is 11.8 Å². The third kappa shape index (κ3) is 4.75. The van der Waals surface area contributed by atoms with Crippen LogP contribution in [0.4, 0.5) is 4.79 Å². The molecule has 1 aromatic heterocycles. The summed E-state index contributed by atoms with van der Waals surface area (Å²) in [7, 11) is 3.10. The van der Waals surface area contributed by atoms with Crippen molar-refractivity contribution in [3.8, 4) is 17.2 Å². The van der Waals surface area contributed by atoms with Gasteiger partial charge >= 0.3 is 6.03 Å². The second-order valence-corrected chi connectivity index (χ2v) is 8.71. The zero-order valence-electron chi connectivity index (χ0n) is 21.0. The number of rotatable bonds is 7. The van der Waals surface area contributed by atoms with E-state index in [1.165, 1.54) is 0 Å². The molecule has 2 aromatic carbocycles. The zero-order chi connectivity index (χ0) is 26.0. The van der Waals surface area contributed by atoms with Crippen molar-refractivity contribution in [3.05, 3.63) is 82.2 Å². The van der Waals surface area contributed by atoms with E-state index in [-0.39, 0.29) is 12.1 Å². The van der Waals surface area contributed by atoms with Crippen LogP contribution in [0.5, 0.6) is 11.5 Å². The van der Waals surface area contributed by atoms with E-state index < -0.39 is 17.8 Å². The maximum atomic E-state index is 13.2. The Labute approximate surface area is 210 Å². The van der Waals surface area contributed by atoms with Gasteiger partial charge in [-0.15, -0.1) is 0 Å². The summed E-state index contributed by atoms with van der Waals surface area (Å²) < 4.78 is 12.6. The van der Waals surface area contributed by atoms with Crippen LogP contribution in [-0.2, 0) is 16.0 Å². The van der Waals surface area contributed by atoms with Crippen LogP contribution >= 0.6 is 0 Å². The van der Waals surface area contributed by atoms with Crippen molar-refractivity contribution in [1.29, 1.82) is 0 Å². The fraction of sp³-hybridized carbons (Fsp3) is 0.250. The number of methoxy groups -OCH3 is 2. The molecule has 1 fully saturated rings. The van der Waals surface area contributed by atoms with E-state index in [2.05, 4.69) is 9.88 Å². The number of imide groups is 2. The van der Waals surface area contributed by atoms with Crippen LogP contribution in [0.1, 0.15) is 28.1 Å². The number of aryl methyl sites for hydroxylation is 2. The molecule has 0 spiro atoms. The predicted octanol–water partition coefficient (Wildman–Crippen LogP) is 4.12. The van der Waals surface area contributed by atoms with E-state index in [9.17, 15) is 14.4 Å². The van der Waals surface area contributed by atoms with E-state index in [1.54, 1.807) is 32.4 Å². The van der Waals surface area contributed by atoms with Gasteiger partial charge in [0.1, 0.15) is 5.57 Å². The highest BCUT2D eigenvalue weighted by Gasteiger charge is 2.35. The first-order valence-corrected chi connectivity index (χ1v) is 11.6. The van der Waals surface area contributed by atoms with Gasteiger partial charge in [0.15, 0.2) is 11.5 Å². The topological polar surface area (TPSA) is 89.9 Å². The molecule has 0 saturated carbocycles. The molecule has 186 valence electrons. The number of nitrogens with zero attached hydrogens (tertiary/aromatic N) is 2. The number of amides is 4. The molecule has 0 aliphatic carbocycles. The van der Waals surface area contributed by atoms with Crippen molar-refractivity contribution in [1.82, 2.24) is 14.8 Å². The lowest BCUT2D eigenvalue weighted by Gasteiger charge is -2.26. The average molecular weight is 488 g/mol. The first-order chi connectivity index (χ1) is 17.2. The lowest BCUT2D eigenvalue weighted by Crippen LogP contribution is -2.54. The smallest absolute Gasteiger partial charge is 0.331 e. The summed E-state index contributed by atoms with van der Waals surface area (Å²) in [5.74, 6) is -0.173. The molecule has 0 unspecified atom stereocenters. The molecule has 0 atom stereocenters. The molecule has 3 aromatic rings. The molecule has 8 nitrogen and oxygen atoms in total. The minimum Gasteiger partial charge on any atom is -0.493 e. The lowest BCUT2D eigenvalue weighted by atomic mass is 10.1. The van der Waals surface area contributed by atoms with Crippen molar-refractivity contribution >= 4 is 23.9 Å². The summed E-state index contributed by atoms with van der Waals surface area (Å²) in [4.78, 5) is 39.4. The van der Waals surface area contributed by atoms with Crippen LogP contribution in [0.2, 0.25) is 0 Å². The molecular weight excluding hydrogens is 458 g/mol. The molecule has 0 bridgehead atoms. The average Bonchev–Trinajstić information content (AvgIpc) is 3.14. The monoisotopic (exact) mass is 487 g/mol. The number of hydrogen-bond donors (Lipinski definition) is 1. The summed E-state index contributed by atoms with van der Waals surface area (Å²) in [6.07, 6.45) is 1.95. The summed E-state index contributed by atoms with van der Waals surface area (Å²) in [6.45, 7) is 6.04. The third-order valence-electron chi connectivity index (χ3n) is 6.32. The van der Waals surface area contributed by atoms with E-state index in [4.69, 9.17) is 9.47 Å². The zero-order valence-corrected chi connectivity index (χ0v) is 21.0. The van der Waals surface area contributed by atoms with Crippen molar-refractivity contribution in [3.63, 3.8) is 0 Å². The van der Waals surface area contributed by atoms with E-state index in [1.807, 2.05) is 57.2 Å². The van der Waals surface area contributed by atoms with Gasteiger partial charge in [0.05, 0.1) is 14.2 Å². The highest BCUT2D eigenvalue weighted by molar-refractivity contribution is 6.31. The molecular formula is C28H29N3O5. The largest absolute Gasteiger partial charge is 0.493 e. The number of aromatic nitrogens is 1. The number of hydrogen-bond acceptors (Lipinski definition) is 5. The minimum atomic E-state index is -0.729. The van der Waals surface area contributed by atoms with Crippen LogP contribution in [0, 0.1) is 20.8 Å². The fourth-order valence-corrected chi connectivity index (χ4v) is 4.35. The predicted molar refractivity (Wildman–Crippen MR) is 136 cm³/mol. The molecule has 4 rings (SSSR count). The number of nitrogens with one attached hydrogen (secondary N) is 1. The van der Waals surface area contributed by atoms with Crippen molar-refractivity contribution in [2.45, 2.75) is 27.2 Å². The Kier molecular flexibility index (Phi) is 6.96. The Morgan fingerprint density at radius 1 is 0.889 bits per heavy atom. The molecule has 0 radical (unpaired) electrons. The minimum absolute atomic E-state index is 0.0777. The molecule has 1 saturated heterocycles. The van der Waals surface area contributed by atoms with Gasteiger partial charge in [-0.25, -0.2) is 4.79 Å². The van der Waals surface area contributed by atoms with E-state index in [0.29, 0.717) is 17.9 Å². The van der Waals surface area contributed by atoms with Gasteiger partial charge in [-0.05, 0) is 74.7 Å². The number of ether oxygens (including phenoxy) is 2. The summed E-state index contributed by atoms with van der Waals surface area (Å²) >= 11 is 0. The number of benzene rings is 2. The highest BCUT2D eigenvalue weighted by Crippen LogP contribution is 2.28. The van der Waals surface area contributed by atoms with Gasteiger partial charge in [-0.1, -0.05) is 23.8 Å². The Morgan fingerprint density at radius 3 is 2.25 bits per heavy atom. The Morgan fingerprint density at radius 2 is 1.58 bits per heavy atom. The molecule has 1 aliphatic rings. The molecule has 8 heteroatoms. The first kappa shape index (κ1) is 24.8. The van der Waals surface area contributed by atoms with E-state index in [0.717, 1.165) is 38.7 Å². The van der Waals surface area contributed by atoms with Crippen LogP contribution in [0.15, 0.2) is 54.1 Å². The lowest BCUT2D eigenvalue weighted by molar-refractivity contribution is -0.130. The fourth-order valence-electron chi connectivity index (χ4n) is 4.35. The quantitative estimate of drug-likeness (QED) is 0.400. The van der Waals surface area contributed by atoms with Crippen LogP contribution in [-0.4, -0.2) is 48.1 Å². The number of urea groups is 1. The third-order valence-corrected chi connectivity index (χ3v) is 6.32. The number of carbonyl (C=O) groups is 3. The van der Waals surface area contributed by atoms with Gasteiger partial charge in [-0.3, -0.25) is 19.8 Å². The second kappa shape index (κ2) is 10.1. The number of barbiturate groups is 1. The van der Waals surface area contributed by atoms with Crippen LogP contribution < -0.4 is 14.8 Å². The highest BCUT2D eigenvalue weighted by atomic mass is 16.5. The molecule has 1 aliphatic heterocycles.